The molecule has 1 N–H and O–H groups in total. The lowest BCUT2D eigenvalue weighted by atomic mass is 9.87. The van der Waals surface area contributed by atoms with E-state index in [1.165, 1.54) is 4.90 Å². The van der Waals surface area contributed by atoms with Gasteiger partial charge in [-0.2, -0.15) is 4.39 Å². The van der Waals surface area contributed by atoms with Crippen molar-refractivity contribution >= 4 is 17.6 Å². The minimum absolute atomic E-state index is 0.0759. The molecule has 2 atom stereocenters. The van der Waals surface area contributed by atoms with Crippen LogP contribution in [0.5, 0.6) is 0 Å². The molecule has 9 heteroatoms. The molecule has 0 radical (unpaired) electrons. The number of likely N-dealkylation sites (tertiary alicyclic amines) is 1. The fourth-order valence-electron chi connectivity index (χ4n) is 2.71. The number of nitro groups is 1. The van der Waals surface area contributed by atoms with Crippen LogP contribution >= 0.6 is 0 Å². The number of piperidine rings is 1. The SMILES string of the molecule is CC(C)(C)OC(=O)N1CCC(O)C(C(=O)c2ccc([N+](=O)[O-])c(F)c2)C1. The number of carbonyl (C=O) groups is 2. The summed E-state index contributed by atoms with van der Waals surface area (Å²) in [6.45, 7) is 5.30. The molecule has 2 rings (SSSR count). The summed E-state index contributed by atoms with van der Waals surface area (Å²) in [4.78, 5) is 35.9. The zero-order valence-electron chi connectivity index (χ0n) is 14.8. The first-order valence-electron chi connectivity index (χ1n) is 8.14. The summed E-state index contributed by atoms with van der Waals surface area (Å²) in [5, 5.41) is 20.8. The smallest absolute Gasteiger partial charge is 0.410 e. The highest BCUT2D eigenvalue weighted by Gasteiger charge is 2.37. The highest BCUT2D eigenvalue weighted by Crippen LogP contribution is 2.25. The lowest BCUT2D eigenvalue weighted by molar-refractivity contribution is -0.387. The molecule has 26 heavy (non-hydrogen) atoms. The Morgan fingerprint density at radius 1 is 1.38 bits per heavy atom. The first-order valence-corrected chi connectivity index (χ1v) is 8.14. The highest BCUT2D eigenvalue weighted by atomic mass is 19.1. The van der Waals surface area contributed by atoms with Gasteiger partial charge in [-0.05, 0) is 39.3 Å². The van der Waals surface area contributed by atoms with Crippen molar-refractivity contribution in [1.29, 1.82) is 0 Å². The van der Waals surface area contributed by atoms with Gasteiger partial charge in [-0.15, -0.1) is 0 Å². The second-order valence-electron chi connectivity index (χ2n) is 7.18. The number of hydrogen-bond donors (Lipinski definition) is 1. The number of nitro benzene ring substituents is 1. The van der Waals surface area contributed by atoms with Gasteiger partial charge in [0, 0.05) is 24.7 Å². The third kappa shape index (κ3) is 4.54. The van der Waals surface area contributed by atoms with E-state index in [0.29, 0.717) is 0 Å². The van der Waals surface area contributed by atoms with Gasteiger partial charge in [-0.1, -0.05) is 0 Å². The van der Waals surface area contributed by atoms with Gasteiger partial charge >= 0.3 is 11.8 Å². The number of benzene rings is 1. The number of carbonyl (C=O) groups excluding carboxylic acids is 2. The minimum atomic E-state index is -1.13. The van der Waals surface area contributed by atoms with Crippen molar-refractivity contribution in [2.24, 2.45) is 5.92 Å². The molecule has 1 aliphatic rings. The van der Waals surface area contributed by atoms with Crippen molar-refractivity contribution in [3.05, 3.63) is 39.7 Å². The Balaban J connectivity index is 2.17. The number of Topliss-reactive ketones (excluding diaryl/α,β-unsaturated/α-hetero) is 1. The molecular formula is C17H21FN2O6. The molecule has 1 fully saturated rings. The maximum absolute atomic E-state index is 13.8. The summed E-state index contributed by atoms with van der Waals surface area (Å²) in [5.74, 6) is -2.67. The number of ether oxygens (including phenoxy) is 1. The standard InChI is InChI=1S/C17H21FN2O6/c1-17(2,3)26-16(23)19-7-6-14(21)11(9-19)15(22)10-4-5-13(20(24)25)12(18)8-10/h4-5,8,11,14,21H,6-7,9H2,1-3H3. The Morgan fingerprint density at radius 3 is 2.58 bits per heavy atom. The van der Waals surface area contributed by atoms with E-state index in [0.717, 1.165) is 18.2 Å². The second-order valence-corrected chi connectivity index (χ2v) is 7.18. The minimum Gasteiger partial charge on any atom is -0.444 e. The van der Waals surface area contributed by atoms with Crippen molar-refractivity contribution in [2.45, 2.75) is 38.9 Å². The summed E-state index contributed by atoms with van der Waals surface area (Å²) in [5.41, 5.74) is -1.53. The number of halogens is 1. The molecule has 0 saturated carbocycles. The molecule has 1 amide bonds. The summed E-state index contributed by atoms with van der Waals surface area (Å²) >= 11 is 0. The van der Waals surface area contributed by atoms with Crippen LogP contribution in [0.3, 0.4) is 0 Å². The number of nitrogens with zero attached hydrogens (tertiary/aromatic N) is 2. The Kier molecular flexibility index (Phi) is 5.60. The van der Waals surface area contributed by atoms with Crippen LogP contribution in [0.25, 0.3) is 0 Å². The van der Waals surface area contributed by atoms with Gasteiger partial charge in [0.05, 0.1) is 16.9 Å². The first-order chi connectivity index (χ1) is 12.0. The summed E-state index contributed by atoms with van der Waals surface area (Å²) in [6, 6.07) is 2.83. The largest absolute Gasteiger partial charge is 0.444 e. The lowest BCUT2D eigenvalue weighted by Gasteiger charge is -2.36. The van der Waals surface area contributed by atoms with Crippen molar-refractivity contribution in [2.75, 3.05) is 13.1 Å². The van der Waals surface area contributed by atoms with E-state index in [2.05, 4.69) is 0 Å². The first kappa shape index (κ1) is 19.8. The number of hydrogen-bond acceptors (Lipinski definition) is 6. The van der Waals surface area contributed by atoms with E-state index in [1.54, 1.807) is 20.8 Å². The molecule has 1 aliphatic heterocycles. The van der Waals surface area contributed by atoms with Gasteiger partial charge in [0.2, 0.25) is 5.82 Å². The van der Waals surface area contributed by atoms with Crippen LogP contribution in [-0.2, 0) is 4.74 Å². The molecule has 142 valence electrons. The maximum Gasteiger partial charge on any atom is 0.410 e. The van der Waals surface area contributed by atoms with Gasteiger partial charge < -0.3 is 14.7 Å². The monoisotopic (exact) mass is 368 g/mol. The van der Waals surface area contributed by atoms with Gasteiger partial charge in [0.25, 0.3) is 0 Å². The average molecular weight is 368 g/mol. The Hall–Kier alpha value is -2.55. The van der Waals surface area contributed by atoms with Gasteiger partial charge in [-0.25, -0.2) is 4.79 Å². The maximum atomic E-state index is 13.8. The third-order valence-corrected chi connectivity index (χ3v) is 3.99. The van der Waals surface area contributed by atoms with Gasteiger partial charge in [0.15, 0.2) is 5.78 Å². The molecule has 1 aromatic carbocycles. The molecule has 1 aromatic rings. The zero-order valence-corrected chi connectivity index (χ0v) is 14.8. The average Bonchev–Trinajstić information content (AvgIpc) is 2.52. The van der Waals surface area contributed by atoms with E-state index in [1.807, 2.05) is 0 Å². The van der Waals surface area contributed by atoms with E-state index < -0.39 is 45.9 Å². The number of rotatable bonds is 3. The molecule has 0 spiro atoms. The van der Waals surface area contributed by atoms with Crippen molar-refractivity contribution in [3.8, 4) is 0 Å². The van der Waals surface area contributed by atoms with Crippen LogP contribution in [0.4, 0.5) is 14.9 Å². The Labute approximate surface area is 149 Å². The van der Waals surface area contributed by atoms with Crippen LogP contribution in [-0.4, -0.2) is 51.6 Å². The van der Waals surface area contributed by atoms with Crippen molar-refractivity contribution in [1.82, 2.24) is 4.90 Å². The number of amides is 1. The molecule has 2 unspecified atom stereocenters. The summed E-state index contributed by atoms with van der Waals surface area (Å²) in [6.07, 6.45) is -1.43. The lowest BCUT2D eigenvalue weighted by Crippen LogP contribution is -2.50. The predicted octanol–water partition coefficient (Wildman–Crippen LogP) is 2.53. The summed E-state index contributed by atoms with van der Waals surface area (Å²) in [7, 11) is 0. The molecule has 0 aromatic heterocycles. The normalized spacial score (nSPS) is 20.6. The van der Waals surface area contributed by atoms with Crippen LogP contribution < -0.4 is 0 Å². The molecule has 0 aliphatic carbocycles. The fourth-order valence-corrected chi connectivity index (χ4v) is 2.71. The highest BCUT2D eigenvalue weighted by molar-refractivity contribution is 5.98. The zero-order chi connectivity index (χ0) is 19.6. The van der Waals surface area contributed by atoms with Crippen LogP contribution in [0.1, 0.15) is 37.6 Å². The van der Waals surface area contributed by atoms with E-state index in [9.17, 15) is 29.2 Å². The number of ketones is 1. The van der Waals surface area contributed by atoms with E-state index in [4.69, 9.17) is 4.74 Å². The molecule has 8 nitrogen and oxygen atoms in total. The summed E-state index contributed by atoms with van der Waals surface area (Å²) < 4.78 is 19.0. The van der Waals surface area contributed by atoms with Gasteiger partial charge in [-0.3, -0.25) is 14.9 Å². The third-order valence-electron chi connectivity index (χ3n) is 3.99. The molecule has 0 bridgehead atoms. The van der Waals surface area contributed by atoms with Crippen molar-refractivity contribution in [3.63, 3.8) is 0 Å². The molecule has 1 heterocycles. The Bertz CT molecular complexity index is 730. The van der Waals surface area contributed by atoms with E-state index in [-0.39, 0.29) is 25.1 Å². The van der Waals surface area contributed by atoms with Crippen LogP contribution in [0.2, 0.25) is 0 Å². The number of aliphatic hydroxyl groups excluding tert-OH is 1. The number of aliphatic hydroxyl groups is 1. The topological polar surface area (TPSA) is 110 Å². The molecular weight excluding hydrogens is 347 g/mol. The fraction of sp³-hybridized carbons (Fsp3) is 0.529. The van der Waals surface area contributed by atoms with Crippen LogP contribution in [0.15, 0.2) is 18.2 Å². The van der Waals surface area contributed by atoms with Crippen LogP contribution in [0, 0.1) is 21.8 Å². The van der Waals surface area contributed by atoms with Crippen molar-refractivity contribution < 1.29 is 28.7 Å². The Morgan fingerprint density at radius 2 is 2.04 bits per heavy atom. The van der Waals surface area contributed by atoms with Gasteiger partial charge in [0.1, 0.15) is 5.60 Å². The predicted molar refractivity (Wildman–Crippen MR) is 89.3 cm³/mol. The molecule has 1 saturated heterocycles. The van der Waals surface area contributed by atoms with E-state index >= 15 is 0 Å². The second kappa shape index (κ2) is 7.36. The quantitative estimate of drug-likeness (QED) is 0.499.